The number of likely N-dealkylation sites (tertiary alicyclic amines) is 1. The van der Waals surface area contributed by atoms with Crippen molar-refractivity contribution >= 4 is 50.2 Å². The predicted molar refractivity (Wildman–Crippen MR) is 120 cm³/mol. The summed E-state index contributed by atoms with van der Waals surface area (Å²) in [5.74, 6) is 0.624. The minimum Gasteiger partial charge on any atom is -0.310 e. The Bertz CT molecular complexity index is 1030. The predicted octanol–water partition coefficient (Wildman–Crippen LogP) is 5.20. The molecule has 1 amide bonds. The van der Waals surface area contributed by atoms with Crippen LogP contribution in [0.1, 0.15) is 24.1 Å². The van der Waals surface area contributed by atoms with Crippen molar-refractivity contribution < 1.29 is 4.79 Å². The number of nitrogens with one attached hydrogen (secondary N) is 1. The standard InChI is InChI=1S/C22H22BrClN4O/c1-14-17-4-2-3-5-18(17)26-19(21(14)24)13-28-10-8-15(9-11-28)22(29)27-20-7-6-16(23)12-25-20/h2-7,12,15H,8-11,13H2,1H3,(H,25,27,29). The third-order valence-electron chi connectivity index (χ3n) is 5.46. The van der Waals surface area contributed by atoms with Gasteiger partial charge in [-0.3, -0.25) is 9.69 Å². The number of fused-ring (bicyclic) bond motifs is 1. The first-order chi connectivity index (χ1) is 14.0. The number of anilines is 1. The third kappa shape index (κ3) is 4.60. The van der Waals surface area contributed by atoms with E-state index in [1.165, 1.54) is 0 Å². The number of hydrogen-bond acceptors (Lipinski definition) is 4. The van der Waals surface area contributed by atoms with E-state index in [2.05, 4.69) is 37.2 Å². The molecule has 0 spiro atoms. The van der Waals surface area contributed by atoms with E-state index in [4.69, 9.17) is 16.6 Å². The maximum absolute atomic E-state index is 12.5. The van der Waals surface area contributed by atoms with Crippen molar-refractivity contribution in [2.45, 2.75) is 26.3 Å². The van der Waals surface area contributed by atoms with Crippen LogP contribution in [0.25, 0.3) is 10.9 Å². The highest BCUT2D eigenvalue weighted by Gasteiger charge is 2.26. The number of aryl methyl sites for hydroxylation is 1. The lowest BCUT2D eigenvalue weighted by Gasteiger charge is -2.31. The van der Waals surface area contributed by atoms with Gasteiger partial charge in [-0.05, 0) is 72.5 Å². The second kappa shape index (κ2) is 8.78. The molecular weight excluding hydrogens is 452 g/mol. The Hall–Kier alpha value is -2.02. The van der Waals surface area contributed by atoms with Crippen molar-refractivity contribution in [2.75, 3.05) is 18.4 Å². The molecule has 0 atom stereocenters. The van der Waals surface area contributed by atoms with Gasteiger partial charge in [0.1, 0.15) is 5.82 Å². The lowest BCUT2D eigenvalue weighted by molar-refractivity contribution is -0.121. The summed E-state index contributed by atoms with van der Waals surface area (Å²) in [7, 11) is 0. The first-order valence-electron chi connectivity index (χ1n) is 9.70. The monoisotopic (exact) mass is 472 g/mol. The molecule has 0 aliphatic carbocycles. The molecule has 1 saturated heterocycles. The Kier molecular flexibility index (Phi) is 6.13. The molecule has 0 unspecified atom stereocenters. The van der Waals surface area contributed by atoms with Crippen LogP contribution in [0.2, 0.25) is 5.02 Å². The number of aromatic nitrogens is 2. The summed E-state index contributed by atoms with van der Waals surface area (Å²) in [6.07, 6.45) is 3.31. The van der Waals surface area contributed by atoms with Gasteiger partial charge in [-0.15, -0.1) is 0 Å². The van der Waals surface area contributed by atoms with Gasteiger partial charge in [0.15, 0.2) is 0 Å². The summed E-state index contributed by atoms with van der Waals surface area (Å²) in [6.45, 7) is 4.43. The van der Waals surface area contributed by atoms with Gasteiger partial charge in [0.25, 0.3) is 0 Å². The zero-order valence-corrected chi connectivity index (χ0v) is 18.5. The van der Waals surface area contributed by atoms with Crippen LogP contribution in [-0.2, 0) is 11.3 Å². The van der Waals surface area contributed by atoms with Crippen LogP contribution >= 0.6 is 27.5 Å². The lowest BCUT2D eigenvalue weighted by atomic mass is 9.95. The highest BCUT2D eigenvalue weighted by atomic mass is 79.9. The van der Waals surface area contributed by atoms with Crippen molar-refractivity contribution in [1.29, 1.82) is 0 Å². The van der Waals surface area contributed by atoms with E-state index in [0.717, 1.165) is 57.6 Å². The van der Waals surface area contributed by atoms with Crippen LogP contribution in [-0.4, -0.2) is 33.9 Å². The molecule has 1 aromatic carbocycles. The van der Waals surface area contributed by atoms with Gasteiger partial charge in [-0.2, -0.15) is 0 Å². The molecule has 5 nitrogen and oxygen atoms in total. The number of pyridine rings is 2. The quantitative estimate of drug-likeness (QED) is 0.565. The van der Waals surface area contributed by atoms with E-state index in [1.807, 2.05) is 31.2 Å². The SMILES string of the molecule is Cc1c(Cl)c(CN2CCC(C(=O)Nc3ccc(Br)cn3)CC2)nc2ccccc12. The fraction of sp³-hybridized carbons (Fsp3) is 0.318. The minimum atomic E-state index is -0.00142. The smallest absolute Gasteiger partial charge is 0.228 e. The fourth-order valence-corrected chi connectivity index (χ4v) is 4.20. The minimum absolute atomic E-state index is 0.00142. The molecule has 1 fully saturated rings. The Morgan fingerprint density at radius 2 is 2.00 bits per heavy atom. The number of benzene rings is 1. The second-order valence-electron chi connectivity index (χ2n) is 7.42. The van der Waals surface area contributed by atoms with Crippen LogP contribution in [0.3, 0.4) is 0 Å². The lowest BCUT2D eigenvalue weighted by Crippen LogP contribution is -2.38. The number of halogens is 2. The highest BCUT2D eigenvalue weighted by molar-refractivity contribution is 9.10. The van der Waals surface area contributed by atoms with Crippen molar-refractivity contribution in [3.8, 4) is 0 Å². The van der Waals surface area contributed by atoms with Gasteiger partial charge >= 0.3 is 0 Å². The molecule has 150 valence electrons. The summed E-state index contributed by atoms with van der Waals surface area (Å²) in [4.78, 5) is 23.9. The number of rotatable bonds is 4. The maximum Gasteiger partial charge on any atom is 0.228 e. The van der Waals surface area contributed by atoms with Gasteiger partial charge in [0.2, 0.25) is 5.91 Å². The summed E-state index contributed by atoms with van der Waals surface area (Å²) in [5, 5.41) is 4.75. The molecule has 4 rings (SSSR count). The van der Waals surface area contributed by atoms with E-state index in [1.54, 1.807) is 12.3 Å². The Balaban J connectivity index is 1.37. The van der Waals surface area contributed by atoms with Crippen LogP contribution < -0.4 is 5.32 Å². The summed E-state index contributed by atoms with van der Waals surface area (Å²) in [6, 6.07) is 11.7. The largest absolute Gasteiger partial charge is 0.310 e. The molecule has 0 radical (unpaired) electrons. The van der Waals surface area contributed by atoms with Crippen LogP contribution in [0, 0.1) is 12.8 Å². The average Bonchev–Trinajstić information content (AvgIpc) is 2.74. The van der Waals surface area contributed by atoms with Crippen molar-refractivity contribution in [3.63, 3.8) is 0 Å². The third-order valence-corrected chi connectivity index (χ3v) is 6.43. The Morgan fingerprint density at radius 3 is 2.72 bits per heavy atom. The number of nitrogens with zero attached hydrogens (tertiary/aromatic N) is 3. The number of carbonyl (C=O) groups is 1. The first-order valence-corrected chi connectivity index (χ1v) is 10.9. The van der Waals surface area contributed by atoms with Gasteiger partial charge in [0.05, 0.1) is 16.2 Å². The molecule has 1 aliphatic rings. The molecule has 2 aromatic heterocycles. The number of carbonyl (C=O) groups excluding carboxylic acids is 1. The zero-order valence-electron chi connectivity index (χ0n) is 16.2. The van der Waals surface area contributed by atoms with E-state index in [9.17, 15) is 4.79 Å². The van der Waals surface area contributed by atoms with Crippen LogP contribution in [0.15, 0.2) is 47.1 Å². The Morgan fingerprint density at radius 1 is 1.24 bits per heavy atom. The fourth-order valence-electron chi connectivity index (χ4n) is 3.77. The molecule has 29 heavy (non-hydrogen) atoms. The van der Waals surface area contributed by atoms with Gasteiger partial charge < -0.3 is 5.32 Å². The number of hydrogen-bond donors (Lipinski definition) is 1. The maximum atomic E-state index is 12.5. The molecule has 3 heterocycles. The van der Waals surface area contributed by atoms with Crippen LogP contribution in [0.5, 0.6) is 0 Å². The second-order valence-corrected chi connectivity index (χ2v) is 8.71. The molecule has 3 aromatic rings. The van der Waals surface area contributed by atoms with E-state index in [-0.39, 0.29) is 11.8 Å². The van der Waals surface area contributed by atoms with Gasteiger partial charge in [-0.1, -0.05) is 29.8 Å². The van der Waals surface area contributed by atoms with Crippen LogP contribution in [0.4, 0.5) is 5.82 Å². The van der Waals surface area contributed by atoms with Crippen molar-refractivity contribution in [1.82, 2.24) is 14.9 Å². The van der Waals surface area contributed by atoms with E-state index in [0.29, 0.717) is 12.4 Å². The normalized spacial score (nSPS) is 15.6. The topological polar surface area (TPSA) is 58.1 Å². The molecule has 1 N–H and O–H groups in total. The van der Waals surface area contributed by atoms with Crippen molar-refractivity contribution in [2.24, 2.45) is 5.92 Å². The number of amides is 1. The molecule has 1 aliphatic heterocycles. The number of para-hydroxylation sites is 1. The first kappa shape index (κ1) is 20.3. The summed E-state index contributed by atoms with van der Waals surface area (Å²) in [5.41, 5.74) is 2.95. The summed E-state index contributed by atoms with van der Waals surface area (Å²) < 4.78 is 0.889. The molecule has 7 heteroatoms. The molecule has 0 saturated carbocycles. The zero-order chi connectivity index (χ0) is 20.4. The van der Waals surface area contributed by atoms with E-state index < -0.39 is 0 Å². The van der Waals surface area contributed by atoms with Gasteiger partial charge in [-0.25, -0.2) is 9.97 Å². The van der Waals surface area contributed by atoms with Gasteiger partial charge in [0, 0.05) is 28.5 Å². The van der Waals surface area contributed by atoms with E-state index >= 15 is 0 Å². The molecular formula is C22H22BrClN4O. The van der Waals surface area contributed by atoms with Crippen molar-refractivity contribution in [3.05, 3.63) is 63.3 Å². The highest BCUT2D eigenvalue weighted by Crippen LogP contribution is 2.29. The summed E-state index contributed by atoms with van der Waals surface area (Å²) >= 11 is 9.96. The number of piperidine rings is 1. The average molecular weight is 474 g/mol. The Labute approximate surface area is 183 Å². The molecule has 0 bridgehead atoms.